The third-order valence-corrected chi connectivity index (χ3v) is 7.93. The van der Waals surface area contributed by atoms with E-state index >= 15 is 0 Å². The van der Waals surface area contributed by atoms with E-state index in [0.29, 0.717) is 10.3 Å². The first-order chi connectivity index (χ1) is 18.6. The Hall–Kier alpha value is -3.34. The summed E-state index contributed by atoms with van der Waals surface area (Å²) in [5.74, 6) is -0.805. The van der Waals surface area contributed by atoms with Crippen molar-refractivity contribution in [3.8, 4) is 0 Å². The van der Waals surface area contributed by atoms with E-state index < -0.39 is 57.5 Å². The van der Waals surface area contributed by atoms with E-state index in [1.165, 1.54) is 11.9 Å². The zero-order valence-corrected chi connectivity index (χ0v) is 21.6. The molecule has 0 aliphatic carbocycles. The number of aromatic nitrogens is 3. The van der Waals surface area contributed by atoms with Gasteiger partial charge >= 0.3 is 7.75 Å². The molecular weight excluding hydrogens is 535 g/mol. The van der Waals surface area contributed by atoms with Gasteiger partial charge in [0, 0.05) is 30.6 Å². The predicted octanol–water partition coefficient (Wildman–Crippen LogP) is -1.77. The number of anilines is 3. The molecule has 16 nitrogen and oxygen atoms in total. The minimum atomic E-state index is -5.25. The summed E-state index contributed by atoms with van der Waals surface area (Å²) in [5, 5.41) is 34.8. The summed E-state index contributed by atoms with van der Waals surface area (Å²) in [6.45, 7) is -0.972. The van der Waals surface area contributed by atoms with Crippen LogP contribution in [-0.2, 0) is 20.5 Å². The molecule has 9 N–H and O–H groups in total. The molecule has 39 heavy (non-hydrogen) atoms. The molecule has 2 aliphatic heterocycles. The van der Waals surface area contributed by atoms with Crippen molar-refractivity contribution < 1.29 is 39.2 Å². The van der Waals surface area contributed by atoms with Crippen LogP contribution in [0.1, 0.15) is 5.56 Å². The number of rotatable bonds is 8. The lowest BCUT2D eigenvalue weighted by Crippen LogP contribution is -2.56. The maximum absolute atomic E-state index is 13.2. The first-order valence-electron chi connectivity index (χ1n) is 12.0. The molecule has 0 radical (unpaired) electrons. The third-order valence-electron chi connectivity index (χ3n) is 6.90. The number of hydrogen-bond donors (Lipinski definition) is 8. The van der Waals surface area contributed by atoms with Gasteiger partial charge in [-0.05, 0) is 11.6 Å². The van der Waals surface area contributed by atoms with E-state index in [9.17, 15) is 34.5 Å². The van der Waals surface area contributed by atoms with Crippen molar-refractivity contribution >= 4 is 41.9 Å². The summed E-state index contributed by atoms with van der Waals surface area (Å²) in [6.07, 6.45) is -2.64. The Morgan fingerprint density at radius 3 is 2.72 bits per heavy atom. The molecule has 1 amide bonds. The van der Waals surface area contributed by atoms with Gasteiger partial charge in [0.25, 0.3) is 0 Å². The number of aliphatic hydroxyl groups is 3. The number of nitrogens with one attached hydrogen (secondary N) is 2. The predicted molar refractivity (Wildman–Crippen MR) is 138 cm³/mol. The summed E-state index contributed by atoms with van der Waals surface area (Å²) in [5.41, 5.74) is 7.52. The second-order valence-electron chi connectivity index (χ2n) is 9.20. The van der Waals surface area contributed by atoms with Gasteiger partial charge in [-0.2, -0.15) is 0 Å². The minimum absolute atomic E-state index is 0.0357. The number of H-pyrrole nitrogens is 1. The summed E-state index contributed by atoms with van der Waals surface area (Å²) in [7, 11) is -3.90. The second-order valence-corrected chi connectivity index (χ2v) is 10.6. The first kappa shape index (κ1) is 27.2. The van der Waals surface area contributed by atoms with Gasteiger partial charge in [-0.25, -0.2) is 14.5 Å². The Balaban J connectivity index is 1.59. The highest BCUT2D eigenvalue weighted by Gasteiger charge is 2.52. The summed E-state index contributed by atoms with van der Waals surface area (Å²) < 4.78 is 19.3. The second kappa shape index (κ2) is 10.3. The van der Waals surface area contributed by atoms with Crippen LogP contribution >= 0.6 is 7.75 Å². The number of hydrazine groups is 1. The lowest BCUT2D eigenvalue weighted by Gasteiger charge is -2.38. The van der Waals surface area contributed by atoms with E-state index in [1.54, 1.807) is 6.20 Å². The molecule has 0 bridgehead atoms. The van der Waals surface area contributed by atoms with Gasteiger partial charge in [0.1, 0.15) is 43.0 Å². The average molecular weight is 564 g/mol. The third kappa shape index (κ3) is 4.70. The number of carbonyl (C=O) groups excluding carboxylic acids is 1. The number of ether oxygens (including phenoxy) is 1. The highest BCUT2D eigenvalue weighted by Crippen LogP contribution is 2.51. The maximum atomic E-state index is 13.2. The van der Waals surface area contributed by atoms with Crippen LogP contribution in [0, 0.1) is 0 Å². The van der Waals surface area contributed by atoms with Gasteiger partial charge < -0.3 is 50.8 Å². The normalized spacial score (nSPS) is 24.0. The van der Waals surface area contributed by atoms with Crippen LogP contribution in [-0.4, -0.2) is 102 Å². The molecule has 0 saturated carbocycles. The van der Waals surface area contributed by atoms with Crippen LogP contribution in [0.2, 0.25) is 0 Å². The van der Waals surface area contributed by atoms with Crippen molar-refractivity contribution in [3.05, 3.63) is 42.4 Å². The fourth-order valence-electron chi connectivity index (χ4n) is 5.07. The lowest BCUT2D eigenvalue weighted by molar-refractivity contribution is -0.125. The number of nitrogen functional groups attached to an aromatic ring is 1. The largest absolute Gasteiger partial charge is 0.421 e. The average Bonchev–Trinajstić information content (AvgIpc) is 3.57. The van der Waals surface area contributed by atoms with E-state index in [4.69, 9.17) is 10.5 Å². The number of amides is 1. The SMILES string of the molecule is CNC(=O)C(Cc1c[nH]c2ccccc12)N(N1CN([C@@H]2O[C@H](CO)C(O)C2O)c2ncnc(N)c21)P(=O)(O)O. The van der Waals surface area contributed by atoms with Crippen LogP contribution in [0.3, 0.4) is 0 Å². The van der Waals surface area contributed by atoms with Crippen LogP contribution in [0.4, 0.5) is 17.3 Å². The Kier molecular flexibility index (Phi) is 7.21. The molecule has 1 fully saturated rings. The van der Waals surface area contributed by atoms with Gasteiger partial charge in [0.2, 0.25) is 5.91 Å². The van der Waals surface area contributed by atoms with E-state index in [2.05, 4.69) is 20.3 Å². The highest BCUT2D eigenvalue weighted by molar-refractivity contribution is 7.49. The number of benzene rings is 1. The zero-order valence-electron chi connectivity index (χ0n) is 20.7. The summed E-state index contributed by atoms with van der Waals surface area (Å²) >= 11 is 0. The molecule has 3 aromatic rings. The van der Waals surface area contributed by atoms with Gasteiger partial charge in [0.15, 0.2) is 17.9 Å². The standard InChI is InChI=1S/C22H29N8O8P/c1-24-21(34)14(6-11-7-25-13-5-3-2-4-12(11)13)30(39(35,36)37)29-10-28(20-16(29)19(23)26-9-27-20)22-18(33)17(32)15(8-31)38-22/h2-5,7,9,14-15,17-18,22,25,31-33H,6,8,10H2,1H3,(H,24,34)(H2,23,26,27)(H2,35,36,37)/t14?,15-,17?,18?,22-/m1/s1. The zero-order chi connectivity index (χ0) is 28.1. The lowest BCUT2D eigenvalue weighted by atomic mass is 10.0. The Morgan fingerprint density at radius 1 is 1.31 bits per heavy atom. The Morgan fingerprint density at radius 2 is 2.05 bits per heavy atom. The number of likely N-dealkylation sites (N-methyl/N-ethyl adjacent to an activating group) is 1. The molecule has 2 aromatic heterocycles. The minimum Gasteiger partial charge on any atom is -0.394 e. The summed E-state index contributed by atoms with van der Waals surface area (Å²) in [6, 6.07) is 5.86. The van der Waals surface area contributed by atoms with Gasteiger partial charge in [-0.3, -0.25) is 9.80 Å². The van der Waals surface area contributed by atoms with Gasteiger partial charge in [0.05, 0.1) is 6.61 Å². The van der Waals surface area contributed by atoms with Crippen molar-refractivity contribution in [1.82, 2.24) is 25.0 Å². The van der Waals surface area contributed by atoms with Crippen molar-refractivity contribution in [2.24, 2.45) is 0 Å². The van der Waals surface area contributed by atoms with Crippen LogP contribution in [0.15, 0.2) is 36.8 Å². The quantitative estimate of drug-likeness (QED) is 0.142. The number of hydrogen-bond acceptors (Lipinski definition) is 11. The molecule has 210 valence electrons. The number of aliphatic hydroxyl groups excluding tert-OH is 3. The molecule has 17 heteroatoms. The Labute approximate surface area is 221 Å². The summed E-state index contributed by atoms with van der Waals surface area (Å²) in [4.78, 5) is 46.9. The fourth-order valence-corrected chi connectivity index (χ4v) is 6.05. The van der Waals surface area contributed by atoms with Gasteiger partial charge in [-0.1, -0.05) is 18.2 Å². The van der Waals surface area contributed by atoms with Crippen molar-refractivity contribution in [1.29, 1.82) is 0 Å². The number of nitrogens with two attached hydrogens (primary N) is 1. The topological polar surface area (TPSA) is 234 Å². The van der Waals surface area contributed by atoms with E-state index in [0.717, 1.165) is 22.2 Å². The molecule has 1 aromatic carbocycles. The molecule has 5 atom stereocenters. The molecular formula is C22H29N8O8P. The van der Waals surface area contributed by atoms with E-state index in [-0.39, 0.29) is 23.7 Å². The smallest absolute Gasteiger partial charge is 0.394 e. The number of fused-ring (bicyclic) bond motifs is 2. The fraction of sp³-hybridized carbons (Fsp3) is 0.409. The van der Waals surface area contributed by atoms with Crippen molar-refractivity contribution in [3.63, 3.8) is 0 Å². The molecule has 4 heterocycles. The Bertz CT molecular complexity index is 1420. The van der Waals surface area contributed by atoms with Crippen LogP contribution < -0.4 is 21.0 Å². The van der Waals surface area contributed by atoms with Crippen LogP contribution in [0.5, 0.6) is 0 Å². The van der Waals surface area contributed by atoms with Crippen molar-refractivity contribution in [2.45, 2.75) is 37.0 Å². The molecule has 2 aliphatic rings. The van der Waals surface area contributed by atoms with E-state index in [1.807, 2.05) is 24.3 Å². The number of aromatic amines is 1. The molecule has 5 rings (SSSR count). The molecule has 0 spiro atoms. The monoisotopic (exact) mass is 564 g/mol. The first-order valence-corrected chi connectivity index (χ1v) is 13.5. The van der Waals surface area contributed by atoms with Crippen molar-refractivity contribution in [2.75, 3.05) is 36.0 Å². The number of carbonyl (C=O) groups is 1. The van der Waals surface area contributed by atoms with Crippen LogP contribution in [0.25, 0.3) is 10.9 Å². The maximum Gasteiger partial charge on any atom is 0.421 e. The number of nitrogens with zero attached hydrogens (tertiary/aromatic N) is 5. The van der Waals surface area contributed by atoms with Gasteiger partial charge in [-0.15, -0.1) is 4.78 Å². The highest BCUT2D eigenvalue weighted by atomic mass is 31.2. The molecule has 1 saturated heterocycles. The molecule has 3 unspecified atom stereocenters. The number of para-hydroxylation sites is 1.